The summed E-state index contributed by atoms with van der Waals surface area (Å²) in [5.41, 5.74) is 3.07. The van der Waals surface area contributed by atoms with Crippen LogP contribution in [0.4, 0.5) is 11.5 Å². The SMILES string of the molecule is CC(=O)N(C)Cc1cccc(Nc2cc(C(C)C)nc(C(C)C)n2)c1. The van der Waals surface area contributed by atoms with E-state index in [0.29, 0.717) is 12.5 Å². The van der Waals surface area contributed by atoms with Crippen molar-refractivity contribution in [1.82, 2.24) is 14.9 Å². The van der Waals surface area contributed by atoms with Crippen LogP contribution in [0.25, 0.3) is 0 Å². The van der Waals surface area contributed by atoms with Crippen molar-refractivity contribution in [1.29, 1.82) is 0 Å². The number of carbonyl (C=O) groups is 1. The number of amides is 1. The van der Waals surface area contributed by atoms with Crippen LogP contribution in [0.5, 0.6) is 0 Å². The first kappa shape index (κ1) is 18.9. The Hall–Kier alpha value is -2.43. The molecule has 134 valence electrons. The highest BCUT2D eigenvalue weighted by atomic mass is 16.2. The quantitative estimate of drug-likeness (QED) is 0.844. The largest absolute Gasteiger partial charge is 0.342 e. The first-order chi connectivity index (χ1) is 11.8. The Morgan fingerprint density at radius 3 is 2.44 bits per heavy atom. The van der Waals surface area contributed by atoms with Crippen LogP contribution in [-0.2, 0) is 11.3 Å². The summed E-state index contributed by atoms with van der Waals surface area (Å²) in [7, 11) is 1.80. The van der Waals surface area contributed by atoms with Crippen molar-refractivity contribution in [2.24, 2.45) is 0 Å². The summed E-state index contributed by atoms with van der Waals surface area (Å²) < 4.78 is 0. The molecule has 1 amide bonds. The second-order valence-corrected chi connectivity index (χ2v) is 7.05. The predicted octanol–water partition coefficient (Wildman–Crippen LogP) is 4.45. The molecule has 0 spiro atoms. The van der Waals surface area contributed by atoms with E-state index in [1.54, 1.807) is 18.9 Å². The maximum Gasteiger partial charge on any atom is 0.219 e. The molecule has 1 aromatic heterocycles. The van der Waals surface area contributed by atoms with Gasteiger partial charge < -0.3 is 10.2 Å². The van der Waals surface area contributed by atoms with Gasteiger partial charge >= 0.3 is 0 Å². The molecule has 1 heterocycles. The van der Waals surface area contributed by atoms with Crippen molar-refractivity contribution < 1.29 is 4.79 Å². The van der Waals surface area contributed by atoms with Crippen LogP contribution in [0, 0.1) is 0 Å². The van der Waals surface area contributed by atoms with E-state index in [0.717, 1.165) is 28.6 Å². The zero-order valence-electron chi connectivity index (χ0n) is 16.0. The number of benzene rings is 1. The van der Waals surface area contributed by atoms with E-state index in [9.17, 15) is 4.79 Å². The minimum absolute atomic E-state index is 0.0531. The lowest BCUT2D eigenvalue weighted by molar-refractivity contribution is -0.128. The summed E-state index contributed by atoms with van der Waals surface area (Å²) in [4.78, 5) is 22.4. The van der Waals surface area contributed by atoms with Crippen molar-refractivity contribution in [3.63, 3.8) is 0 Å². The summed E-state index contributed by atoms with van der Waals surface area (Å²) in [5, 5.41) is 3.38. The molecule has 1 aromatic carbocycles. The minimum atomic E-state index is 0.0531. The van der Waals surface area contributed by atoms with Gasteiger partial charge in [0.2, 0.25) is 5.91 Å². The Bertz CT molecular complexity index is 714. The van der Waals surface area contributed by atoms with Gasteiger partial charge in [-0.1, -0.05) is 39.8 Å². The normalized spacial score (nSPS) is 11.0. The van der Waals surface area contributed by atoms with Crippen LogP contribution in [-0.4, -0.2) is 27.8 Å². The lowest BCUT2D eigenvalue weighted by Crippen LogP contribution is -2.22. The molecule has 1 N–H and O–H groups in total. The Balaban J connectivity index is 2.25. The smallest absolute Gasteiger partial charge is 0.219 e. The van der Waals surface area contributed by atoms with Gasteiger partial charge in [0.15, 0.2) is 0 Å². The molecule has 0 unspecified atom stereocenters. The topological polar surface area (TPSA) is 58.1 Å². The first-order valence-corrected chi connectivity index (χ1v) is 8.72. The maximum atomic E-state index is 11.4. The molecule has 0 aliphatic carbocycles. The van der Waals surface area contributed by atoms with Crippen molar-refractivity contribution in [3.05, 3.63) is 47.4 Å². The molecule has 0 aliphatic heterocycles. The van der Waals surface area contributed by atoms with Gasteiger partial charge in [0, 0.05) is 43.9 Å². The Kier molecular flexibility index (Phi) is 6.12. The summed E-state index contributed by atoms with van der Waals surface area (Å²) >= 11 is 0. The van der Waals surface area contributed by atoms with Gasteiger partial charge in [-0.3, -0.25) is 4.79 Å². The highest BCUT2D eigenvalue weighted by Gasteiger charge is 2.11. The number of aromatic nitrogens is 2. The predicted molar refractivity (Wildman–Crippen MR) is 102 cm³/mol. The van der Waals surface area contributed by atoms with E-state index in [-0.39, 0.29) is 11.8 Å². The number of anilines is 2. The van der Waals surface area contributed by atoms with Gasteiger partial charge in [-0.05, 0) is 23.6 Å². The highest BCUT2D eigenvalue weighted by molar-refractivity contribution is 5.72. The average molecular weight is 340 g/mol. The molecular formula is C20H28N4O. The van der Waals surface area contributed by atoms with E-state index in [4.69, 9.17) is 0 Å². The van der Waals surface area contributed by atoms with E-state index in [1.165, 1.54) is 0 Å². The van der Waals surface area contributed by atoms with Gasteiger partial charge in [-0.25, -0.2) is 9.97 Å². The van der Waals surface area contributed by atoms with Gasteiger partial charge in [0.25, 0.3) is 0 Å². The maximum absolute atomic E-state index is 11.4. The fourth-order valence-corrected chi connectivity index (χ4v) is 2.38. The van der Waals surface area contributed by atoms with Crippen LogP contribution in [0.1, 0.15) is 63.5 Å². The standard InChI is InChI=1S/C20H28N4O/c1-13(2)18-11-19(23-20(22-18)14(3)4)21-17-9-7-8-16(10-17)12-24(6)15(5)25/h7-11,13-14H,12H2,1-6H3,(H,21,22,23). The minimum Gasteiger partial charge on any atom is -0.342 e. The Labute approximate surface area is 150 Å². The molecule has 0 fully saturated rings. The number of nitrogens with one attached hydrogen (secondary N) is 1. The molecular weight excluding hydrogens is 312 g/mol. The van der Waals surface area contributed by atoms with Gasteiger partial charge in [-0.15, -0.1) is 0 Å². The fourth-order valence-electron chi connectivity index (χ4n) is 2.38. The van der Waals surface area contributed by atoms with E-state index < -0.39 is 0 Å². The molecule has 5 heteroatoms. The molecule has 2 rings (SSSR count). The number of nitrogens with zero attached hydrogens (tertiary/aromatic N) is 3. The number of hydrogen-bond donors (Lipinski definition) is 1. The summed E-state index contributed by atoms with van der Waals surface area (Å²) in [6, 6.07) is 10.1. The van der Waals surface area contributed by atoms with Crippen molar-refractivity contribution in [2.45, 2.75) is 53.0 Å². The summed E-state index contributed by atoms with van der Waals surface area (Å²) in [6.45, 7) is 10.6. The molecule has 0 bridgehead atoms. The second-order valence-electron chi connectivity index (χ2n) is 7.05. The highest BCUT2D eigenvalue weighted by Crippen LogP contribution is 2.23. The van der Waals surface area contributed by atoms with Gasteiger partial charge in [-0.2, -0.15) is 0 Å². The number of hydrogen-bond acceptors (Lipinski definition) is 4. The van der Waals surface area contributed by atoms with Crippen LogP contribution < -0.4 is 5.32 Å². The zero-order chi connectivity index (χ0) is 18.6. The van der Waals surface area contributed by atoms with E-state index >= 15 is 0 Å². The zero-order valence-corrected chi connectivity index (χ0v) is 16.0. The van der Waals surface area contributed by atoms with Crippen LogP contribution >= 0.6 is 0 Å². The third-order valence-electron chi connectivity index (χ3n) is 4.03. The van der Waals surface area contributed by atoms with Crippen LogP contribution in [0.3, 0.4) is 0 Å². The van der Waals surface area contributed by atoms with Crippen LogP contribution in [0.2, 0.25) is 0 Å². The average Bonchev–Trinajstić information content (AvgIpc) is 2.54. The van der Waals surface area contributed by atoms with Crippen molar-refractivity contribution in [3.8, 4) is 0 Å². The fraction of sp³-hybridized carbons (Fsp3) is 0.450. The van der Waals surface area contributed by atoms with Gasteiger partial charge in [0.05, 0.1) is 0 Å². The summed E-state index contributed by atoms with van der Waals surface area (Å²) in [6.07, 6.45) is 0. The Morgan fingerprint density at radius 2 is 1.84 bits per heavy atom. The number of rotatable bonds is 6. The molecule has 5 nitrogen and oxygen atoms in total. The number of carbonyl (C=O) groups excluding carboxylic acids is 1. The third-order valence-corrected chi connectivity index (χ3v) is 4.03. The monoisotopic (exact) mass is 340 g/mol. The second kappa shape index (κ2) is 8.10. The van der Waals surface area contributed by atoms with E-state index in [1.807, 2.05) is 30.3 Å². The first-order valence-electron chi connectivity index (χ1n) is 8.72. The van der Waals surface area contributed by atoms with Crippen molar-refractivity contribution in [2.75, 3.05) is 12.4 Å². The molecule has 0 saturated carbocycles. The molecule has 0 atom stereocenters. The lowest BCUT2D eigenvalue weighted by atomic mass is 10.1. The van der Waals surface area contributed by atoms with Crippen molar-refractivity contribution >= 4 is 17.4 Å². The third kappa shape index (κ3) is 5.28. The summed E-state index contributed by atoms with van der Waals surface area (Å²) in [5.74, 6) is 2.32. The molecule has 0 saturated heterocycles. The molecule has 0 aliphatic rings. The van der Waals surface area contributed by atoms with Gasteiger partial charge in [0.1, 0.15) is 11.6 Å². The Morgan fingerprint density at radius 1 is 1.12 bits per heavy atom. The molecule has 25 heavy (non-hydrogen) atoms. The molecule has 2 aromatic rings. The molecule has 0 radical (unpaired) electrons. The lowest BCUT2D eigenvalue weighted by Gasteiger charge is -2.16. The van der Waals surface area contributed by atoms with Crippen LogP contribution in [0.15, 0.2) is 30.3 Å². The van der Waals surface area contributed by atoms with E-state index in [2.05, 4.69) is 43.0 Å².